The number of piperidine rings is 1. The Labute approximate surface area is 167 Å². The van der Waals surface area contributed by atoms with Crippen molar-refractivity contribution in [1.82, 2.24) is 5.32 Å². The number of hydrogen-bond donors (Lipinski definition) is 2. The van der Waals surface area contributed by atoms with Crippen molar-refractivity contribution < 1.29 is 9.59 Å². The van der Waals surface area contributed by atoms with E-state index in [9.17, 15) is 9.59 Å². The van der Waals surface area contributed by atoms with Gasteiger partial charge in [0.2, 0.25) is 11.8 Å². The van der Waals surface area contributed by atoms with E-state index in [1.165, 1.54) is 0 Å². The smallest absolute Gasteiger partial charge is 0.238 e. The summed E-state index contributed by atoms with van der Waals surface area (Å²) >= 11 is 12.4. The van der Waals surface area contributed by atoms with Crippen LogP contribution in [0.25, 0.3) is 0 Å². The monoisotopic (exact) mass is 400 g/mol. The fourth-order valence-corrected chi connectivity index (χ4v) is 4.83. The van der Waals surface area contributed by atoms with Gasteiger partial charge in [0, 0.05) is 28.1 Å². The number of benzene rings is 2. The highest BCUT2D eigenvalue weighted by molar-refractivity contribution is 6.31. The summed E-state index contributed by atoms with van der Waals surface area (Å²) in [6.07, 6.45) is 0.180. The molecule has 2 aromatic carbocycles. The molecule has 2 heterocycles. The molecule has 2 amide bonds. The second kappa shape index (κ2) is 6.39. The lowest BCUT2D eigenvalue weighted by molar-refractivity contribution is -0.130. The SMILES string of the molecule is C=C(C)[C@H]1NC(=O)C[C@@H](c2cccc(Cl)c2)[C@]12C(=O)Nc1cc(Cl)ccc12. The summed E-state index contributed by atoms with van der Waals surface area (Å²) < 4.78 is 0. The number of nitrogens with one attached hydrogen (secondary N) is 2. The lowest BCUT2D eigenvalue weighted by Gasteiger charge is -2.46. The van der Waals surface area contributed by atoms with Crippen molar-refractivity contribution in [3.63, 3.8) is 0 Å². The van der Waals surface area contributed by atoms with E-state index in [0.717, 1.165) is 11.1 Å². The van der Waals surface area contributed by atoms with Gasteiger partial charge in [-0.25, -0.2) is 0 Å². The van der Waals surface area contributed by atoms with Crippen LogP contribution in [0.1, 0.15) is 30.4 Å². The van der Waals surface area contributed by atoms with Gasteiger partial charge in [0.1, 0.15) is 5.41 Å². The van der Waals surface area contributed by atoms with Crippen molar-refractivity contribution in [2.75, 3.05) is 5.32 Å². The van der Waals surface area contributed by atoms with Crippen LogP contribution in [0.3, 0.4) is 0 Å². The van der Waals surface area contributed by atoms with Crippen molar-refractivity contribution >= 4 is 40.7 Å². The van der Waals surface area contributed by atoms with E-state index in [2.05, 4.69) is 17.2 Å². The van der Waals surface area contributed by atoms with Crippen LogP contribution in [-0.4, -0.2) is 17.9 Å². The van der Waals surface area contributed by atoms with Crippen LogP contribution in [0.4, 0.5) is 5.69 Å². The molecule has 1 spiro atoms. The Bertz CT molecular complexity index is 988. The number of carbonyl (C=O) groups excluding carboxylic acids is 2. The first kappa shape index (κ1) is 18.1. The minimum absolute atomic E-state index is 0.117. The van der Waals surface area contributed by atoms with Crippen molar-refractivity contribution in [1.29, 1.82) is 0 Å². The third-order valence-corrected chi connectivity index (χ3v) is 5.97. The standard InChI is InChI=1S/C21H18Cl2N2O2/c1-11(2)19-21(15-7-6-14(23)9-17(15)24-20(21)27)16(10-18(26)25-19)12-4-3-5-13(22)8-12/h3-9,16,19H,1,10H2,2H3,(H,24,27)(H,25,26)/t16-,19+,21-/m0/s1. The zero-order valence-corrected chi connectivity index (χ0v) is 16.2. The number of amides is 2. The molecule has 4 rings (SSSR count). The fourth-order valence-electron chi connectivity index (χ4n) is 4.46. The highest BCUT2D eigenvalue weighted by Crippen LogP contribution is 2.54. The van der Waals surface area contributed by atoms with Gasteiger partial charge in [0.25, 0.3) is 0 Å². The van der Waals surface area contributed by atoms with Crippen LogP contribution in [0, 0.1) is 0 Å². The Balaban J connectivity index is 2.01. The van der Waals surface area contributed by atoms with Crippen LogP contribution in [-0.2, 0) is 15.0 Å². The molecule has 6 heteroatoms. The van der Waals surface area contributed by atoms with Crippen LogP contribution in [0.2, 0.25) is 10.0 Å². The number of rotatable bonds is 2. The summed E-state index contributed by atoms with van der Waals surface area (Å²) in [5.74, 6) is -0.666. The quantitative estimate of drug-likeness (QED) is 0.732. The van der Waals surface area contributed by atoms with Gasteiger partial charge in [0.05, 0.1) is 6.04 Å². The number of anilines is 1. The van der Waals surface area contributed by atoms with Gasteiger partial charge in [-0.05, 0) is 42.3 Å². The summed E-state index contributed by atoms with van der Waals surface area (Å²) in [6.45, 7) is 5.88. The van der Waals surface area contributed by atoms with Gasteiger partial charge in [-0.15, -0.1) is 0 Å². The van der Waals surface area contributed by atoms with E-state index in [0.29, 0.717) is 21.3 Å². The minimum atomic E-state index is -1.01. The van der Waals surface area contributed by atoms with Gasteiger partial charge in [-0.3, -0.25) is 9.59 Å². The summed E-state index contributed by atoms with van der Waals surface area (Å²) in [5.41, 5.74) is 2.04. The topological polar surface area (TPSA) is 58.2 Å². The molecule has 0 unspecified atom stereocenters. The average Bonchev–Trinajstić information content (AvgIpc) is 2.88. The van der Waals surface area contributed by atoms with Gasteiger partial charge in [-0.1, -0.05) is 53.6 Å². The first-order chi connectivity index (χ1) is 12.8. The molecule has 0 aliphatic carbocycles. The van der Waals surface area contributed by atoms with Crippen LogP contribution < -0.4 is 10.6 Å². The predicted octanol–water partition coefficient (Wildman–Crippen LogP) is 4.43. The van der Waals surface area contributed by atoms with Crippen LogP contribution in [0.15, 0.2) is 54.6 Å². The Morgan fingerprint density at radius 2 is 1.89 bits per heavy atom. The maximum atomic E-state index is 13.4. The van der Waals surface area contributed by atoms with E-state index in [1.807, 2.05) is 31.2 Å². The lowest BCUT2D eigenvalue weighted by Crippen LogP contribution is -2.62. The number of carbonyl (C=O) groups is 2. The Morgan fingerprint density at radius 1 is 1.15 bits per heavy atom. The van der Waals surface area contributed by atoms with Crippen molar-refractivity contribution in [2.24, 2.45) is 0 Å². The average molecular weight is 401 g/mol. The normalized spacial score (nSPS) is 26.5. The maximum absolute atomic E-state index is 13.4. The zero-order chi connectivity index (χ0) is 19.3. The summed E-state index contributed by atoms with van der Waals surface area (Å²) in [5, 5.41) is 7.05. The van der Waals surface area contributed by atoms with Gasteiger partial charge in [-0.2, -0.15) is 0 Å². The van der Waals surface area contributed by atoms with Crippen molar-refractivity contribution in [3.8, 4) is 0 Å². The molecule has 1 fully saturated rings. The molecular formula is C21H18Cl2N2O2. The van der Waals surface area contributed by atoms with Gasteiger partial charge in [0.15, 0.2) is 0 Å². The summed E-state index contributed by atoms with van der Waals surface area (Å²) in [7, 11) is 0. The molecule has 2 aliphatic heterocycles. The van der Waals surface area contributed by atoms with E-state index in [-0.39, 0.29) is 24.2 Å². The Morgan fingerprint density at radius 3 is 2.59 bits per heavy atom. The molecule has 0 aromatic heterocycles. The molecule has 138 valence electrons. The highest BCUT2D eigenvalue weighted by Gasteiger charge is 2.60. The number of hydrogen-bond acceptors (Lipinski definition) is 2. The lowest BCUT2D eigenvalue weighted by atomic mass is 9.59. The van der Waals surface area contributed by atoms with Crippen LogP contribution >= 0.6 is 23.2 Å². The van der Waals surface area contributed by atoms with Gasteiger partial charge < -0.3 is 10.6 Å². The third-order valence-electron chi connectivity index (χ3n) is 5.49. The molecule has 4 nitrogen and oxygen atoms in total. The highest BCUT2D eigenvalue weighted by atomic mass is 35.5. The Kier molecular flexibility index (Phi) is 4.28. The summed E-state index contributed by atoms with van der Waals surface area (Å²) in [6, 6.07) is 12.2. The molecule has 2 aliphatic rings. The number of fused-ring (bicyclic) bond motifs is 2. The molecule has 3 atom stereocenters. The zero-order valence-electron chi connectivity index (χ0n) is 14.7. The van der Waals surface area contributed by atoms with E-state index < -0.39 is 11.5 Å². The second-order valence-corrected chi connectivity index (χ2v) is 8.04. The molecule has 2 aromatic rings. The van der Waals surface area contributed by atoms with Crippen molar-refractivity contribution in [2.45, 2.75) is 30.7 Å². The first-order valence-corrected chi connectivity index (χ1v) is 9.41. The van der Waals surface area contributed by atoms with Gasteiger partial charge >= 0.3 is 0 Å². The number of halogens is 2. The van der Waals surface area contributed by atoms with E-state index in [1.54, 1.807) is 18.2 Å². The second-order valence-electron chi connectivity index (χ2n) is 7.17. The summed E-state index contributed by atoms with van der Waals surface area (Å²) in [4.78, 5) is 26.0. The molecule has 0 saturated carbocycles. The molecule has 27 heavy (non-hydrogen) atoms. The molecular weight excluding hydrogens is 383 g/mol. The Hall–Kier alpha value is -2.30. The molecule has 1 saturated heterocycles. The maximum Gasteiger partial charge on any atom is 0.238 e. The molecule has 0 bridgehead atoms. The molecule has 2 N–H and O–H groups in total. The third kappa shape index (κ3) is 2.67. The minimum Gasteiger partial charge on any atom is -0.348 e. The van der Waals surface area contributed by atoms with Crippen molar-refractivity contribution in [3.05, 3.63) is 75.8 Å². The van der Waals surface area contributed by atoms with E-state index >= 15 is 0 Å². The largest absolute Gasteiger partial charge is 0.348 e. The first-order valence-electron chi connectivity index (χ1n) is 8.65. The fraction of sp³-hybridized carbons (Fsp3) is 0.238. The molecule has 0 radical (unpaired) electrons. The van der Waals surface area contributed by atoms with Crippen LogP contribution in [0.5, 0.6) is 0 Å². The van der Waals surface area contributed by atoms with E-state index in [4.69, 9.17) is 23.2 Å². The predicted molar refractivity (Wildman–Crippen MR) is 107 cm³/mol.